The molecule has 168 valence electrons. The molecule has 4 aromatic rings. The lowest BCUT2D eigenvalue weighted by Crippen LogP contribution is -2.09. The molecule has 0 aliphatic carbocycles. The summed E-state index contributed by atoms with van der Waals surface area (Å²) in [5, 5.41) is 20.4. The third kappa shape index (κ3) is 6.32. The zero-order valence-electron chi connectivity index (χ0n) is 17.5. The third-order valence-electron chi connectivity index (χ3n) is 4.34. The molecule has 33 heavy (non-hydrogen) atoms. The quantitative estimate of drug-likeness (QED) is 0.133. The molecule has 4 rings (SSSR count). The summed E-state index contributed by atoms with van der Waals surface area (Å²) in [6.45, 7) is 0.401. The molecular formula is C22H20IN7O3. The van der Waals surface area contributed by atoms with E-state index in [1.807, 2.05) is 42.5 Å². The SMILES string of the molecule is COc1ccc(Nc2nc(NCc3ccco3)nc(N/N=C/c3cc(I)ccc3O)n2)cc1. The molecule has 0 atom stereocenters. The number of hydrogen-bond donors (Lipinski definition) is 4. The predicted octanol–water partition coefficient (Wildman–Crippen LogP) is 4.59. The topological polar surface area (TPSA) is 130 Å². The largest absolute Gasteiger partial charge is 0.507 e. The number of methoxy groups -OCH3 is 1. The molecule has 2 heterocycles. The predicted molar refractivity (Wildman–Crippen MR) is 134 cm³/mol. The highest BCUT2D eigenvalue weighted by atomic mass is 127. The van der Waals surface area contributed by atoms with Crippen LogP contribution in [0.1, 0.15) is 11.3 Å². The maximum Gasteiger partial charge on any atom is 0.250 e. The lowest BCUT2D eigenvalue weighted by atomic mass is 10.2. The number of benzene rings is 2. The van der Waals surface area contributed by atoms with Crippen molar-refractivity contribution in [1.29, 1.82) is 0 Å². The van der Waals surface area contributed by atoms with Crippen molar-refractivity contribution < 1.29 is 14.3 Å². The number of phenols is 1. The number of phenolic OH excluding ortho intramolecular Hbond substituents is 1. The van der Waals surface area contributed by atoms with Crippen molar-refractivity contribution >= 4 is 52.3 Å². The first-order chi connectivity index (χ1) is 16.1. The molecule has 0 amide bonds. The first-order valence-electron chi connectivity index (χ1n) is 9.80. The number of nitrogens with one attached hydrogen (secondary N) is 3. The molecule has 2 aromatic carbocycles. The Balaban J connectivity index is 1.54. The van der Waals surface area contributed by atoms with Gasteiger partial charge in [0, 0.05) is 14.8 Å². The molecule has 0 saturated carbocycles. The first kappa shape index (κ1) is 22.3. The minimum absolute atomic E-state index is 0.124. The van der Waals surface area contributed by atoms with E-state index in [0.717, 1.165) is 20.8 Å². The van der Waals surface area contributed by atoms with Crippen LogP contribution in [-0.2, 0) is 6.54 Å². The van der Waals surface area contributed by atoms with Gasteiger partial charge in [0.1, 0.15) is 17.3 Å². The van der Waals surface area contributed by atoms with Gasteiger partial charge in [-0.15, -0.1) is 0 Å². The van der Waals surface area contributed by atoms with Gasteiger partial charge in [0.2, 0.25) is 17.8 Å². The molecule has 2 aromatic heterocycles. The highest BCUT2D eigenvalue weighted by Crippen LogP contribution is 2.20. The number of nitrogens with zero attached hydrogens (tertiary/aromatic N) is 4. The number of anilines is 4. The summed E-state index contributed by atoms with van der Waals surface area (Å²) < 4.78 is 11.5. The van der Waals surface area contributed by atoms with Crippen LogP contribution in [-0.4, -0.2) is 33.4 Å². The molecular weight excluding hydrogens is 537 g/mol. The highest BCUT2D eigenvalue weighted by molar-refractivity contribution is 14.1. The number of hydrogen-bond acceptors (Lipinski definition) is 10. The lowest BCUT2D eigenvalue weighted by Gasteiger charge is -2.10. The molecule has 4 N–H and O–H groups in total. The number of furan rings is 1. The fraction of sp³-hybridized carbons (Fsp3) is 0.0909. The van der Waals surface area contributed by atoms with Crippen LogP contribution < -0.4 is 20.8 Å². The Morgan fingerprint density at radius 1 is 1.06 bits per heavy atom. The van der Waals surface area contributed by atoms with Gasteiger partial charge in [0.25, 0.3) is 0 Å². The molecule has 0 saturated heterocycles. The van der Waals surface area contributed by atoms with Gasteiger partial charge < -0.3 is 24.9 Å². The summed E-state index contributed by atoms with van der Waals surface area (Å²) >= 11 is 2.16. The summed E-state index contributed by atoms with van der Waals surface area (Å²) in [4.78, 5) is 13.1. The van der Waals surface area contributed by atoms with Crippen molar-refractivity contribution in [3.05, 3.63) is 75.8 Å². The zero-order chi connectivity index (χ0) is 23.0. The van der Waals surface area contributed by atoms with E-state index >= 15 is 0 Å². The lowest BCUT2D eigenvalue weighted by molar-refractivity contribution is 0.415. The summed E-state index contributed by atoms with van der Waals surface area (Å²) in [5.74, 6) is 2.46. The molecule has 0 aliphatic heterocycles. The van der Waals surface area contributed by atoms with Crippen LogP contribution in [0.2, 0.25) is 0 Å². The van der Waals surface area contributed by atoms with Crippen LogP contribution in [0.3, 0.4) is 0 Å². The molecule has 0 unspecified atom stereocenters. The third-order valence-corrected chi connectivity index (χ3v) is 5.01. The average molecular weight is 557 g/mol. The van der Waals surface area contributed by atoms with Crippen LogP contribution in [0.15, 0.2) is 70.4 Å². The number of ether oxygens (including phenoxy) is 1. The molecule has 0 radical (unpaired) electrons. The van der Waals surface area contributed by atoms with Crippen molar-refractivity contribution in [2.75, 3.05) is 23.2 Å². The van der Waals surface area contributed by atoms with Gasteiger partial charge in [0.15, 0.2) is 0 Å². The van der Waals surface area contributed by atoms with Gasteiger partial charge in [-0.1, -0.05) is 0 Å². The highest BCUT2D eigenvalue weighted by Gasteiger charge is 2.08. The van der Waals surface area contributed by atoms with E-state index in [-0.39, 0.29) is 11.7 Å². The number of halogens is 1. The van der Waals surface area contributed by atoms with Crippen LogP contribution in [0.25, 0.3) is 0 Å². The molecule has 10 nitrogen and oxygen atoms in total. The second-order valence-electron chi connectivity index (χ2n) is 6.67. The van der Waals surface area contributed by atoms with E-state index in [1.165, 1.54) is 6.21 Å². The van der Waals surface area contributed by atoms with E-state index in [9.17, 15) is 5.11 Å². The van der Waals surface area contributed by atoms with Crippen molar-refractivity contribution in [3.63, 3.8) is 0 Å². The van der Waals surface area contributed by atoms with Gasteiger partial charge >= 0.3 is 0 Å². The van der Waals surface area contributed by atoms with Crippen molar-refractivity contribution in [1.82, 2.24) is 15.0 Å². The summed E-state index contributed by atoms with van der Waals surface area (Å²) in [7, 11) is 1.61. The fourth-order valence-corrected chi connectivity index (χ4v) is 3.25. The summed E-state index contributed by atoms with van der Waals surface area (Å²) in [5.41, 5.74) is 4.13. The minimum atomic E-state index is 0.124. The van der Waals surface area contributed by atoms with E-state index < -0.39 is 0 Å². The number of aromatic nitrogens is 3. The summed E-state index contributed by atoms with van der Waals surface area (Å²) in [6.07, 6.45) is 3.09. The molecule has 0 fully saturated rings. The van der Waals surface area contributed by atoms with E-state index in [0.29, 0.717) is 24.0 Å². The van der Waals surface area contributed by atoms with Crippen LogP contribution in [0.4, 0.5) is 23.5 Å². The van der Waals surface area contributed by atoms with Crippen LogP contribution in [0.5, 0.6) is 11.5 Å². The standard InChI is InChI=1S/C22H20IN7O3/c1-32-17-7-5-16(6-8-17)26-21-27-20(24-13-18-3-2-10-33-18)28-22(29-21)30-25-12-14-11-15(23)4-9-19(14)31/h2-12,31H,13H2,1H3,(H3,24,26,27,28,29,30)/b25-12+. The van der Waals surface area contributed by atoms with Gasteiger partial charge in [-0.25, -0.2) is 5.43 Å². The van der Waals surface area contributed by atoms with E-state index in [4.69, 9.17) is 9.15 Å². The Hall–Kier alpha value is -3.87. The van der Waals surface area contributed by atoms with E-state index in [1.54, 1.807) is 25.5 Å². The molecule has 0 aliphatic rings. The van der Waals surface area contributed by atoms with Gasteiger partial charge in [-0.05, 0) is 77.2 Å². The molecule has 0 spiro atoms. The first-order valence-corrected chi connectivity index (χ1v) is 10.9. The smallest absolute Gasteiger partial charge is 0.250 e. The molecule has 11 heteroatoms. The number of aromatic hydroxyl groups is 1. The maximum absolute atomic E-state index is 9.98. The van der Waals surface area contributed by atoms with Gasteiger partial charge in [-0.3, -0.25) is 0 Å². The Kier molecular flexibility index (Phi) is 7.19. The van der Waals surface area contributed by atoms with Crippen LogP contribution >= 0.6 is 22.6 Å². The zero-order valence-corrected chi connectivity index (χ0v) is 19.6. The van der Waals surface area contributed by atoms with Crippen molar-refractivity contribution in [2.45, 2.75) is 6.54 Å². The maximum atomic E-state index is 9.98. The number of hydrazone groups is 1. The van der Waals surface area contributed by atoms with Gasteiger partial charge in [-0.2, -0.15) is 20.1 Å². The Labute approximate surface area is 203 Å². The normalized spacial score (nSPS) is 10.8. The Morgan fingerprint density at radius 3 is 2.61 bits per heavy atom. The molecule has 0 bridgehead atoms. The van der Waals surface area contributed by atoms with Gasteiger partial charge in [0.05, 0.1) is 26.1 Å². The average Bonchev–Trinajstić information content (AvgIpc) is 3.34. The Morgan fingerprint density at radius 2 is 1.85 bits per heavy atom. The second kappa shape index (κ2) is 10.6. The number of rotatable bonds is 9. The van der Waals surface area contributed by atoms with Crippen LogP contribution in [0, 0.1) is 3.57 Å². The fourth-order valence-electron chi connectivity index (χ4n) is 2.73. The van der Waals surface area contributed by atoms with Crippen molar-refractivity contribution in [2.24, 2.45) is 5.10 Å². The van der Waals surface area contributed by atoms with Crippen molar-refractivity contribution in [3.8, 4) is 11.5 Å². The minimum Gasteiger partial charge on any atom is -0.507 e. The monoisotopic (exact) mass is 557 g/mol. The second-order valence-corrected chi connectivity index (χ2v) is 7.91. The van der Waals surface area contributed by atoms with E-state index in [2.05, 4.69) is 58.7 Å². The Bertz CT molecular complexity index is 1230. The summed E-state index contributed by atoms with van der Waals surface area (Å²) in [6, 6.07) is 16.2.